The molecule has 1 N–H and O–H groups in total. The van der Waals surface area contributed by atoms with E-state index >= 15 is 0 Å². The van der Waals surface area contributed by atoms with E-state index in [0.29, 0.717) is 22.9 Å². The first-order valence-corrected chi connectivity index (χ1v) is 10.5. The average molecular weight is 421 g/mol. The molecule has 0 atom stereocenters. The van der Waals surface area contributed by atoms with Crippen LogP contribution in [0.4, 0.5) is 0 Å². The molecule has 0 saturated heterocycles. The highest BCUT2D eigenvalue weighted by Gasteiger charge is 2.21. The van der Waals surface area contributed by atoms with Crippen LogP contribution in [-0.4, -0.2) is 22.8 Å². The summed E-state index contributed by atoms with van der Waals surface area (Å²) >= 11 is 0. The highest BCUT2D eigenvalue weighted by molar-refractivity contribution is 6.19. The molecule has 1 heterocycles. The molecule has 0 bridgehead atoms. The molecule has 0 aliphatic rings. The summed E-state index contributed by atoms with van der Waals surface area (Å²) in [6.07, 6.45) is 0. The van der Waals surface area contributed by atoms with Gasteiger partial charge in [-0.25, -0.2) is 4.79 Å². The largest absolute Gasteiger partial charge is 0.507 e. The second kappa shape index (κ2) is 7.89. The summed E-state index contributed by atoms with van der Waals surface area (Å²) in [6, 6.07) is 28.1. The van der Waals surface area contributed by atoms with E-state index in [-0.39, 0.29) is 5.75 Å². The van der Waals surface area contributed by atoms with Crippen LogP contribution in [0.1, 0.15) is 21.5 Å². The van der Waals surface area contributed by atoms with E-state index in [1.165, 1.54) is 7.11 Å². The molecule has 0 aliphatic carbocycles. The number of phenols is 1. The number of benzene rings is 4. The number of ether oxygens (including phenoxy) is 1. The summed E-state index contributed by atoms with van der Waals surface area (Å²) in [5, 5.41) is 12.2. The van der Waals surface area contributed by atoms with Crippen LogP contribution >= 0.6 is 0 Å². The number of phenolic OH excluding ortho intramolecular Hbond substituents is 1. The Bertz CT molecular complexity index is 1470. The summed E-state index contributed by atoms with van der Waals surface area (Å²) in [4.78, 5) is 12.5. The third-order valence-corrected chi connectivity index (χ3v) is 5.90. The molecular weight excluding hydrogens is 398 g/mol. The van der Waals surface area contributed by atoms with Crippen LogP contribution in [0.2, 0.25) is 0 Å². The normalized spacial score (nSPS) is 11.2. The van der Waals surface area contributed by atoms with Gasteiger partial charge in [0.2, 0.25) is 0 Å². The molecule has 0 spiro atoms. The number of esters is 1. The van der Waals surface area contributed by atoms with Gasteiger partial charge in [0, 0.05) is 11.9 Å². The molecule has 0 fully saturated rings. The summed E-state index contributed by atoms with van der Waals surface area (Å²) < 4.78 is 7.18. The minimum atomic E-state index is -0.416. The van der Waals surface area contributed by atoms with Crippen molar-refractivity contribution >= 4 is 27.8 Å². The van der Waals surface area contributed by atoms with Gasteiger partial charge in [0.25, 0.3) is 0 Å². The Balaban J connectivity index is 1.73. The van der Waals surface area contributed by atoms with Crippen LogP contribution in [-0.2, 0) is 11.3 Å². The van der Waals surface area contributed by atoms with E-state index in [4.69, 9.17) is 4.74 Å². The molecule has 158 valence electrons. The smallest absolute Gasteiger partial charge is 0.338 e. The summed E-state index contributed by atoms with van der Waals surface area (Å²) in [5.74, 6) is -0.251. The predicted octanol–water partition coefficient (Wildman–Crippen LogP) is 6.31. The van der Waals surface area contributed by atoms with Gasteiger partial charge in [-0.15, -0.1) is 0 Å². The highest BCUT2D eigenvalue weighted by Crippen LogP contribution is 2.38. The van der Waals surface area contributed by atoms with Gasteiger partial charge in [0.1, 0.15) is 5.75 Å². The predicted molar refractivity (Wildman–Crippen MR) is 128 cm³/mol. The number of carbonyl (C=O) groups excluding carboxylic acids is 1. The quantitative estimate of drug-likeness (QED) is 0.346. The van der Waals surface area contributed by atoms with E-state index in [1.807, 2.05) is 37.3 Å². The molecule has 1 aromatic heterocycles. The number of methoxy groups -OCH3 is 1. The van der Waals surface area contributed by atoms with Gasteiger partial charge in [-0.3, -0.25) is 0 Å². The Hall–Kier alpha value is -4.05. The monoisotopic (exact) mass is 421 g/mol. The van der Waals surface area contributed by atoms with Gasteiger partial charge >= 0.3 is 5.97 Å². The minimum absolute atomic E-state index is 0.165. The molecule has 0 amide bonds. The molecule has 5 rings (SSSR count). The van der Waals surface area contributed by atoms with Gasteiger partial charge < -0.3 is 14.4 Å². The number of nitrogens with zero attached hydrogens (tertiary/aromatic N) is 1. The molecule has 0 saturated carbocycles. The summed E-state index contributed by atoms with van der Waals surface area (Å²) in [6.45, 7) is 2.56. The Morgan fingerprint density at radius 1 is 0.844 bits per heavy atom. The second-order valence-electron chi connectivity index (χ2n) is 8.02. The number of aromatic nitrogens is 1. The lowest BCUT2D eigenvalue weighted by Gasteiger charge is -2.11. The zero-order valence-electron chi connectivity index (χ0n) is 18.0. The van der Waals surface area contributed by atoms with Crippen molar-refractivity contribution in [3.8, 4) is 16.9 Å². The van der Waals surface area contributed by atoms with Gasteiger partial charge in [-0.05, 0) is 59.5 Å². The third-order valence-electron chi connectivity index (χ3n) is 5.90. The molecule has 32 heavy (non-hydrogen) atoms. The van der Waals surface area contributed by atoms with Gasteiger partial charge in [-0.1, -0.05) is 54.6 Å². The maximum absolute atomic E-state index is 12.5. The maximum atomic E-state index is 12.5. The molecule has 0 unspecified atom stereocenters. The van der Waals surface area contributed by atoms with E-state index in [9.17, 15) is 9.90 Å². The van der Waals surface area contributed by atoms with Crippen LogP contribution in [0, 0.1) is 6.92 Å². The van der Waals surface area contributed by atoms with E-state index < -0.39 is 5.97 Å². The number of rotatable bonds is 4. The zero-order valence-corrected chi connectivity index (χ0v) is 18.0. The summed E-state index contributed by atoms with van der Waals surface area (Å²) in [7, 11) is 1.37. The Morgan fingerprint density at radius 3 is 2.38 bits per heavy atom. The fourth-order valence-corrected chi connectivity index (χ4v) is 4.49. The minimum Gasteiger partial charge on any atom is -0.507 e. The molecule has 4 nitrogen and oxygen atoms in total. The number of aryl methyl sites for hydroxylation is 1. The molecule has 0 radical (unpaired) electrons. The average Bonchev–Trinajstić information content (AvgIpc) is 3.13. The lowest BCUT2D eigenvalue weighted by molar-refractivity contribution is 0.0603. The molecule has 4 aromatic carbocycles. The number of hydrogen-bond acceptors (Lipinski definition) is 3. The number of fused-ring (bicyclic) bond motifs is 3. The van der Waals surface area contributed by atoms with Crippen LogP contribution in [0.3, 0.4) is 0 Å². The van der Waals surface area contributed by atoms with Crippen LogP contribution in [0.15, 0.2) is 84.9 Å². The van der Waals surface area contributed by atoms with Crippen molar-refractivity contribution in [1.29, 1.82) is 0 Å². The SMILES string of the molecule is COC(=O)c1cccc2c1c1c(O)cc(C)cc1n2Cc1cccc(-c2ccccc2)c1. The zero-order chi connectivity index (χ0) is 22.2. The van der Waals surface area contributed by atoms with Crippen molar-refractivity contribution in [1.82, 2.24) is 4.57 Å². The Labute approximate surface area is 186 Å². The fourth-order valence-electron chi connectivity index (χ4n) is 4.49. The van der Waals surface area contributed by atoms with Gasteiger partial charge in [0.05, 0.1) is 29.1 Å². The van der Waals surface area contributed by atoms with Gasteiger partial charge in [-0.2, -0.15) is 0 Å². The highest BCUT2D eigenvalue weighted by atomic mass is 16.5. The van der Waals surface area contributed by atoms with Crippen molar-refractivity contribution in [2.75, 3.05) is 7.11 Å². The first-order chi connectivity index (χ1) is 15.6. The topological polar surface area (TPSA) is 51.5 Å². The van der Waals surface area contributed by atoms with E-state index in [1.54, 1.807) is 12.1 Å². The van der Waals surface area contributed by atoms with Crippen molar-refractivity contribution in [2.45, 2.75) is 13.5 Å². The Morgan fingerprint density at radius 2 is 1.59 bits per heavy atom. The molecular formula is C28H23NO3. The van der Waals surface area contributed by atoms with Crippen LogP contribution < -0.4 is 0 Å². The fraction of sp³-hybridized carbons (Fsp3) is 0.107. The maximum Gasteiger partial charge on any atom is 0.338 e. The number of hydrogen-bond donors (Lipinski definition) is 1. The first-order valence-electron chi connectivity index (χ1n) is 10.5. The number of aromatic hydroxyl groups is 1. The van der Waals surface area contributed by atoms with Crippen molar-refractivity contribution in [3.63, 3.8) is 0 Å². The van der Waals surface area contributed by atoms with Crippen molar-refractivity contribution in [2.24, 2.45) is 0 Å². The second-order valence-corrected chi connectivity index (χ2v) is 8.02. The third kappa shape index (κ3) is 3.30. The first kappa shape index (κ1) is 19.9. The lowest BCUT2D eigenvalue weighted by Crippen LogP contribution is -2.03. The summed E-state index contributed by atoms with van der Waals surface area (Å²) in [5.41, 5.74) is 6.63. The molecule has 5 aromatic rings. The number of carbonyl (C=O) groups is 1. The van der Waals surface area contributed by atoms with Crippen LogP contribution in [0.5, 0.6) is 5.75 Å². The standard InChI is InChI=1S/C28H23NO3/c1-18-14-24-27(25(30)15-18)26-22(28(31)32-2)12-7-13-23(26)29(24)17-19-8-6-11-21(16-19)20-9-4-3-5-10-20/h3-16,30H,17H2,1-2H3. The van der Waals surface area contributed by atoms with E-state index in [2.05, 4.69) is 47.0 Å². The lowest BCUT2D eigenvalue weighted by atomic mass is 10.0. The van der Waals surface area contributed by atoms with Crippen molar-refractivity contribution in [3.05, 3.63) is 102 Å². The van der Waals surface area contributed by atoms with Gasteiger partial charge in [0.15, 0.2) is 0 Å². The van der Waals surface area contributed by atoms with Crippen LogP contribution in [0.25, 0.3) is 32.9 Å². The van der Waals surface area contributed by atoms with Crippen molar-refractivity contribution < 1.29 is 14.6 Å². The van der Waals surface area contributed by atoms with E-state index in [0.717, 1.165) is 33.3 Å². The Kier molecular flexibility index (Phi) is 4.91. The molecule has 0 aliphatic heterocycles. The molecule has 4 heteroatoms.